The Morgan fingerprint density at radius 3 is 2.35 bits per heavy atom. The SMILES string of the molecule is CC(C)(C)[Si](C)(C)O[C@@H]1CCN(CC#CCN2CCCC2)C1=O. The van der Waals surface area contributed by atoms with Crippen LogP contribution < -0.4 is 0 Å². The van der Waals surface area contributed by atoms with Gasteiger partial charge in [0, 0.05) is 6.54 Å². The van der Waals surface area contributed by atoms with Gasteiger partial charge in [-0.25, -0.2) is 0 Å². The summed E-state index contributed by atoms with van der Waals surface area (Å²) < 4.78 is 6.28. The molecular formula is C18H32N2O2Si. The molecule has 23 heavy (non-hydrogen) atoms. The third kappa shape index (κ3) is 4.82. The van der Waals surface area contributed by atoms with E-state index in [1.165, 1.54) is 25.9 Å². The van der Waals surface area contributed by atoms with Crippen molar-refractivity contribution >= 4 is 14.2 Å². The van der Waals surface area contributed by atoms with E-state index in [-0.39, 0.29) is 17.0 Å². The predicted octanol–water partition coefficient (Wildman–Crippen LogP) is 2.71. The summed E-state index contributed by atoms with van der Waals surface area (Å²) in [5, 5.41) is 0.135. The van der Waals surface area contributed by atoms with Gasteiger partial charge in [-0.05, 0) is 50.5 Å². The van der Waals surface area contributed by atoms with Crippen LogP contribution >= 0.6 is 0 Å². The first kappa shape index (κ1) is 18.5. The minimum Gasteiger partial charge on any atom is -0.405 e. The van der Waals surface area contributed by atoms with Gasteiger partial charge in [0.15, 0.2) is 8.32 Å². The first-order valence-electron chi connectivity index (χ1n) is 8.85. The third-order valence-electron chi connectivity index (χ3n) is 5.39. The van der Waals surface area contributed by atoms with E-state index in [1.807, 2.05) is 4.90 Å². The molecule has 0 N–H and O–H groups in total. The maximum absolute atomic E-state index is 12.5. The Labute approximate surface area is 142 Å². The van der Waals surface area contributed by atoms with Crippen molar-refractivity contribution in [1.82, 2.24) is 9.80 Å². The van der Waals surface area contributed by atoms with Gasteiger partial charge in [0.2, 0.25) is 0 Å². The number of carbonyl (C=O) groups is 1. The number of carbonyl (C=O) groups excluding carboxylic acids is 1. The van der Waals surface area contributed by atoms with Crippen molar-refractivity contribution in [2.24, 2.45) is 0 Å². The normalized spacial score (nSPS) is 23.3. The van der Waals surface area contributed by atoms with Gasteiger partial charge in [0.05, 0.1) is 13.1 Å². The molecule has 0 radical (unpaired) electrons. The summed E-state index contributed by atoms with van der Waals surface area (Å²) in [6, 6.07) is 0. The maximum atomic E-state index is 12.5. The Balaban J connectivity index is 1.81. The Morgan fingerprint density at radius 1 is 1.13 bits per heavy atom. The van der Waals surface area contributed by atoms with Crippen molar-refractivity contribution < 1.29 is 9.22 Å². The molecule has 0 bridgehead atoms. The topological polar surface area (TPSA) is 32.8 Å². The lowest BCUT2D eigenvalue weighted by molar-refractivity contribution is -0.133. The molecule has 0 aromatic carbocycles. The zero-order chi connectivity index (χ0) is 17.1. The van der Waals surface area contributed by atoms with E-state index >= 15 is 0 Å². The van der Waals surface area contributed by atoms with Gasteiger partial charge in [0.1, 0.15) is 6.10 Å². The number of hydrogen-bond acceptors (Lipinski definition) is 3. The molecule has 130 valence electrons. The molecule has 2 fully saturated rings. The molecule has 5 heteroatoms. The molecule has 0 spiro atoms. The summed E-state index contributed by atoms with van der Waals surface area (Å²) >= 11 is 0. The van der Waals surface area contributed by atoms with Crippen molar-refractivity contribution in [3.8, 4) is 11.8 Å². The van der Waals surface area contributed by atoms with Gasteiger partial charge in [-0.2, -0.15) is 0 Å². The number of hydrogen-bond donors (Lipinski definition) is 0. The summed E-state index contributed by atoms with van der Waals surface area (Å²) in [5.74, 6) is 6.51. The van der Waals surface area contributed by atoms with E-state index in [4.69, 9.17) is 4.43 Å². The van der Waals surface area contributed by atoms with Gasteiger partial charge >= 0.3 is 0 Å². The minimum atomic E-state index is -1.89. The minimum absolute atomic E-state index is 0.130. The number of amides is 1. The average Bonchev–Trinajstić information content (AvgIpc) is 3.06. The van der Waals surface area contributed by atoms with Gasteiger partial charge in [-0.3, -0.25) is 9.69 Å². The van der Waals surface area contributed by atoms with Crippen molar-refractivity contribution in [3.63, 3.8) is 0 Å². The monoisotopic (exact) mass is 336 g/mol. The summed E-state index contributed by atoms with van der Waals surface area (Å²) in [6.07, 6.45) is 3.13. The molecule has 2 aliphatic heterocycles. The van der Waals surface area contributed by atoms with E-state index in [2.05, 4.69) is 50.6 Å². The number of rotatable bonds is 4. The second kappa shape index (κ2) is 7.37. The van der Waals surface area contributed by atoms with Crippen LogP contribution in [0.2, 0.25) is 18.1 Å². The highest BCUT2D eigenvalue weighted by Crippen LogP contribution is 2.38. The standard InChI is InChI=1S/C18H32N2O2Si/c1-18(2,3)23(4,5)22-16-10-15-20(17(16)21)14-9-8-13-19-11-6-7-12-19/h16H,6-7,10-15H2,1-5H3/t16-/m1/s1. The molecular weight excluding hydrogens is 304 g/mol. The summed E-state index contributed by atoms with van der Waals surface area (Å²) in [4.78, 5) is 16.7. The van der Waals surface area contributed by atoms with Gasteiger partial charge in [0.25, 0.3) is 5.91 Å². The fourth-order valence-electron chi connectivity index (χ4n) is 2.77. The number of nitrogens with zero attached hydrogens (tertiary/aromatic N) is 2. The lowest BCUT2D eigenvalue weighted by Crippen LogP contribution is -2.46. The third-order valence-corrected chi connectivity index (χ3v) is 9.87. The Bertz CT molecular complexity index is 481. The summed E-state index contributed by atoms with van der Waals surface area (Å²) in [7, 11) is -1.89. The van der Waals surface area contributed by atoms with Gasteiger partial charge in [-0.1, -0.05) is 32.6 Å². The van der Waals surface area contributed by atoms with Gasteiger partial charge in [-0.15, -0.1) is 0 Å². The maximum Gasteiger partial charge on any atom is 0.251 e. The molecule has 1 amide bonds. The van der Waals surface area contributed by atoms with Crippen LogP contribution in [0.25, 0.3) is 0 Å². The fourth-order valence-corrected chi connectivity index (χ4v) is 4.05. The first-order chi connectivity index (χ1) is 10.7. The molecule has 0 aromatic rings. The quantitative estimate of drug-likeness (QED) is 0.584. The Hall–Kier alpha value is -0.833. The van der Waals surface area contributed by atoms with E-state index in [0.717, 1.165) is 19.5 Å². The van der Waals surface area contributed by atoms with E-state index < -0.39 is 8.32 Å². The molecule has 0 saturated carbocycles. The summed E-state index contributed by atoms with van der Waals surface area (Å²) in [5.41, 5.74) is 0. The Kier molecular flexibility index (Phi) is 5.93. The van der Waals surface area contributed by atoms with Crippen LogP contribution in [-0.4, -0.2) is 62.9 Å². The van der Waals surface area contributed by atoms with Crippen molar-refractivity contribution in [2.75, 3.05) is 32.7 Å². The summed E-state index contributed by atoms with van der Waals surface area (Å²) in [6.45, 7) is 15.5. The molecule has 2 heterocycles. The average molecular weight is 337 g/mol. The largest absolute Gasteiger partial charge is 0.405 e. The molecule has 2 aliphatic rings. The Morgan fingerprint density at radius 2 is 1.74 bits per heavy atom. The first-order valence-corrected chi connectivity index (χ1v) is 11.8. The fraction of sp³-hybridized carbons (Fsp3) is 0.833. The highest BCUT2D eigenvalue weighted by molar-refractivity contribution is 6.74. The highest BCUT2D eigenvalue weighted by atomic mass is 28.4. The second-order valence-corrected chi connectivity index (χ2v) is 13.0. The van der Waals surface area contributed by atoms with Gasteiger partial charge < -0.3 is 9.33 Å². The smallest absolute Gasteiger partial charge is 0.251 e. The molecule has 0 aliphatic carbocycles. The van der Waals surface area contributed by atoms with Crippen LogP contribution in [0.4, 0.5) is 0 Å². The predicted molar refractivity (Wildman–Crippen MR) is 96.7 cm³/mol. The van der Waals surface area contributed by atoms with Crippen LogP contribution in [0.1, 0.15) is 40.0 Å². The lowest BCUT2D eigenvalue weighted by Gasteiger charge is -2.37. The molecule has 0 unspecified atom stereocenters. The van der Waals surface area contributed by atoms with Crippen LogP contribution in [0.15, 0.2) is 0 Å². The van der Waals surface area contributed by atoms with E-state index in [9.17, 15) is 4.79 Å². The number of likely N-dealkylation sites (tertiary alicyclic amines) is 2. The van der Waals surface area contributed by atoms with Crippen LogP contribution in [0.3, 0.4) is 0 Å². The van der Waals surface area contributed by atoms with Crippen LogP contribution in [-0.2, 0) is 9.22 Å². The lowest BCUT2D eigenvalue weighted by atomic mass is 10.2. The van der Waals surface area contributed by atoms with Crippen LogP contribution in [0.5, 0.6) is 0 Å². The van der Waals surface area contributed by atoms with E-state index in [1.54, 1.807) is 0 Å². The van der Waals surface area contributed by atoms with Crippen LogP contribution in [0, 0.1) is 11.8 Å². The molecule has 1 atom stereocenters. The van der Waals surface area contributed by atoms with Crippen molar-refractivity contribution in [1.29, 1.82) is 0 Å². The highest BCUT2D eigenvalue weighted by Gasteiger charge is 2.43. The van der Waals surface area contributed by atoms with E-state index in [0.29, 0.717) is 6.54 Å². The molecule has 2 rings (SSSR count). The molecule has 0 aromatic heterocycles. The zero-order valence-electron chi connectivity index (χ0n) is 15.4. The second-order valence-electron chi connectivity index (χ2n) is 8.25. The van der Waals surface area contributed by atoms with Crippen molar-refractivity contribution in [2.45, 2.75) is 64.3 Å². The molecule has 4 nitrogen and oxygen atoms in total. The molecule has 2 saturated heterocycles. The zero-order valence-corrected chi connectivity index (χ0v) is 16.4. The van der Waals surface area contributed by atoms with Crippen molar-refractivity contribution in [3.05, 3.63) is 0 Å².